The Hall–Kier alpha value is -2.32. The van der Waals surface area contributed by atoms with Crippen LogP contribution in [0, 0.1) is 16.0 Å². The van der Waals surface area contributed by atoms with Crippen LogP contribution in [0.15, 0.2) is 18.2 Å². The van der Waals surface area contributed by atoms with Gasteiger partial charge in [-0.05, 0) is 25.0 Å². The Balaban J connectivity index is 2.38. The number of alkyl halides is 3. The van der Waals surface area contributed by atoms with Crippen LogP contribution in [0.25, 0.3) is 0 Å². The van der Waals surface area contributed by atoms with Gasteiger partial charge in [-0.3, -0.25) is 14.9 Å². The van der Waals surface area contributed by atoms with Gasteiger partial charge in [0.05, 0.1) is 16.4 Å². The van der Waals surface area contributed by atoms with Gasteiger partial charge in [0, 0.05) is 19.2 Å². The van der Waals surface area contributed by atoms with Crippen molar-refractivity contribution in [2.24, 2.45) is 11.7 Å². The molecule has 0 unspecified atom stereocenters. The molecule has 0 aliphatic carbocycles. The SMILES string of the molecule is NC(=O)[C@H]1CCCN(c2ccc(C(F)(F)F)cc2[N+](=O)[O-])C1. The van der Waals surface area contributed by atoms with Gasteiger partial charge in [0.1, 0.15) is 5.69 Å². The lowest BCUT2D eigenvalue weighted by molar-refractivity contribution is -0.384. The highest BCUT2D eigenvalue weighted by atomic mass is 19.4. The van der Waals surface area contributed by atoms with Crippen molar-refractivity contribution < 1.29 is 22.9 Å². The Labute approximate surface area is 123 Å². The zero-order chi connectivity index (χ0) is 16.5. The van der Waals surface area contributed by atoms with Gasteiger partial charge in [-0.2, -0.15) is 13.2 Å². The first kappa shape index (κ1) is 16.1. The number of rotatable bonds is 3. The summed E-state index contributed by atoms with van der Waals surface area (Å²) in [7, 11) is 0. The van der Waals surface area contributed by atoms with Crippen LogP contribution in [-0.4, -0.2) is 23.9 Å². The van der Waals surface area contributed by atoms with E-state index in [1.165, 1.54) is 4.90 Å². The molecule has 0 aromatic heterocycles. The number of hydrogen-bond donors (Lipinski definition) is 1. The molecule has 1 aliphatic rings. The quantitative estimate of drug-likeness (QED) is 0.684. The predicted octanol–water partition coefficient (Wildman–Crippen LogP) is 2.32. The van der Waals surface area contributed by atoms with E-state index in [9.17, 15) is 28.1 Å². The fourth-order valence-corrected chi connectivity index (χ4v) is 2.54. The average Bonchev–Trinajstić information content (AvgIpc) is 2.45. The van der Waals surface area contributed by atoms with Crippen molar-refractivity contribution in [3.63, 3.8) is 0 Å². The summed E-state index contributed by atoms with van der Waals surface area (Å²) >= 11 is 0. The number of hydrogen-bond acceptors (Lipinski definition) is 4. The number of primary amides is 1. The molecule has 1 amide bonds. The van der Waals surface area contributed by atoms with E-state index >= 15 is 0 Å². The van der Waals surface area contributed by atoms with Crippen LogP contribution in [0.1, 0.15) is 18.4 Å². The molecular formula is C13H14F3N3O3. The predicted molar refractivity (Wildman–Crippen MR) is 72.2 cm³/mol. The molecule has 1 atom stereocenters. The Kier molecular flexibility index (Phi) is 4.25. The number of nitrogens with zero attached hydrogens (tertiary/aromatic N) is 2. The maximum absolute atomic E-state index is 12.7. The van der Waals surface area contributed by atoms with Gasteiger partial charge in [0.2, 0.25) is 5.91 Å². The molecule has 1 fully saturated rings. The van der Waals surface area contributed by atoms with Crippen LogP contribution < -0.4 is 10.6 Å². The van der Waals surface area contributed by atoms with Crippen molar-refractivity contribution in [2.75, 3.05) is 18.0 Å². The fraction of sp³-hybridized carbons (Fsp3) is 0.462. The van der Waals surface area contributed by atoms with Crippen LogP contribution >= 0.6 is 0 Å². The first-order valence-corrected chi connectivity index (χ1v) is 6.60. The third kappa shape index (κ3) is 3.29. The van der Waals surface area contributed by atoms with E-state index in [2.05, 4.69) is 0 Å². The summed E-state index contributed by atoms with van der Waals surface area (Å²) in [6.07, 6.45) is -3.49. The van der Waals surface area contributed by atoms with Gasteiger partial charge in [0.25, 0.3) is 5.69 Å². The Morgan fingerprint density at radius 2 is 2.09 bits per heavy atom. The third-order valence-electron chi connectivity index (χ3n) is 3.66. The van der Waals surface area contributed by atoms with E-state index in [-0.39, 0.29) is 12.2 Å². The molecule has 1 aliphatic heterocycles. The van der Waals surface area contributed by atoms with Crippen molar-refractivity contribution in [3.05, 3.63) is 33.9 Å². The van der Waals surface area contributed by atoms with E-state index in [0.29, 0.717) is 25.5 Å². The minimum Gasteiger partial charge on any atom is -0.369 e. The second-order valence-electron chi connectivity index (χ2n) is 5.15. The van der Waals surface area contributed by atoms with E-state index in [1.807, 2.05) is 0 Å². The molecule has 0 spiro atoms. The summed E-state index contributed by atoms with van der Waals surface area (Å²) < 4.78 is 38.0. The van der Waals surface area contributed by atoms with Crippen molar-refractivity contribution in [1.82, 2.24) is 0 Å². The summed E-state index contributed by atoms with van der Waals surface area (Å²) in [5, 5.41) is 11.1. The Morgan fingerprint density at radius 1 is 1.41 bits per heavy atom. The van der Waals surface area contributed by atoms with E-state index in [4.69, 9.17) is 5.73 Å². The molecule has 120 valence electrons. The second-order valence-corrected chi connectivity index (χ2v) is 5.15. The van der Waals surface area contributed by atoms with Crippen LogP contribution in [0.3, 0.4) is 0 Å². The van der Waals surface area contributed by atoms with Crippen LogP contribution in [-0.2, 0) is 11.0 Å². The standard InChI is InChI=1S/C13H14F3N3O3/c14-13(15,16)9-3-4-10(11(6-9)19(21)22)18-5-1-2-8(7-18)12(17)20/h3-4,6,8H,1-2,5,7H2,(H2,17,20)/t8-/m0/s1. The highest BCUT2D eigenvalue weighted by Gasteiger charge is 2.34. The minimum absolute atomic E-state index is 0.0731. The average molecular weight is 317 g/mol. The lowest BCUT2D eigenvalue weighted by Crippen LogP contribution is -2.41. The smallest absolute Gasteiger partial charge is 0.369 e. The van der Waals surface area contributed by atoms with Gasteiger partial charge in [0.15, 0.2) is 0 Å². The molecule has 2 rings (SSSR count). The molecule has 1 heterocycles. The highest BCUT2D eigenvalue weighted by molar-refractivity contribution is 5.78. The van der Waals surface area contributed by atoms with E-state index < -0.39 is 34.2 Å². The molecule has 1 saturated heterocycles. The zero-order valence-electron chi connectivity index (χ0n) is 11.5. The van der Waals surface area contributed by atoms with E-state index in [0.717, 1.165) is 12.1 Å². The molecule has 22 heavy (non-hydrogen) atoms. The summed E-state index contributed by atoms with van der Waals surface area (Å²) in [4.78, 5) is 23.0. The molecule has 0 saturated carbocycles. The lowest BCUT2D eigenvalue weighted by atomic mass is 9.96. The number of amides is 1. The number of nitro benzene ring substituents is 1. The van der Waals surface area contributed by atoms with Gasteiger partial charge >= 0.3 is 6.18 Å². The van der Waals surface area contributed by atoms with E-state index in [1.54, 1.807) is 0 Å². The van der Waals surface area contributed by atoms with Gasteiger partial charge in [-0.1, -0.05) is 0 Å². The number of carbonyl (C=O) groups is 1. The molecule has 1 aromatic rings. The number of benzene rings is 1. The van der Waals surface area contributed by atoms with Crippen LogP contribution in [0.4, 0.5) is 24.5 Å². The maximum Gasteiger partial charge on any atom is 0.416 e. The van der Waals surface area contributed by atoms with Crippen molar-refractivity contribution in [3.8, 4) is 0 Å². The number of piperidine rings is 1. The normalized spacial score (nSPS) is 19.0. The first-order chi connectivity index (χ1) is 10.2. The number of halogens is 3. The molecule has 6 nitrogen and oxygen atoms in total. The van der Waals surface area contributed by atoms with Crippen LogP contribution in [0.5, 0.6) is 0 Å². The second kappa shape index (κ2) is 5.82. The van der Waals surface area contributed by atoms with Crippen molar-refractivity contribution in [2.45, 2.75) is 19.0 Å². The van der Waals surface area contributed by atoms with Crippen LogP contribution in [0.2, 0.25) is 0 Å². The summed E-state index contributed by atoms with van der Waals surface area (Å²) in [6, 6.07) is 2.39. The molecule has 1 aromatic carbocycles. The van der Waals surface area contributed by atoms with Gasteiger partial charge in [-0.25, -0.2) is 0 Å². The number of nitrogens with two attached hydrogens (primary N) is 1. The molecule has 0 bridgehead atoms. The third-order valence-corrected chi connectivity index (χ3v) is 3.66. The molecular weight excluding hydrogens is 303 g/mol. The molecule has 9 heteroatoms. The lowest BCUT2D eigenvalue weighted by Gasteiger charge is -2.32. The largest absolute Gasteiger partial charge is 0.416 e. The Bertz CT molecular complexity index is 604. The van der Waals surface area contributed by atoms with Gasteiger partial charge in [-0.15, -0.1) is 0 Å². The zero-order valence-corrected chi connectivity index (χ0v) is 11.5. The Morgan fingerprint density at radius 3 is 2.64 bits per heavy atom. The topological polar surface area (TPSA) is 89.5 Å². The molecule has 0 radical (unpaired) electrons. The minimum atomic E-state index is -4.65. The fourth-order valence-electron chi connectivity index (χ4n) is 2.54. The van der Waals surface area contributed by atoms with Gasteiger partial charge < -0.3 is 10.6 Å². The molecule has 2 N–H and O–H groups in total. The first-order valence-electron chi connectivity index (χ1n) is 6.60. The number of anilines is 1. The maximum atomic E-state index is 12.7. The van der Waals surface area contributed by atoms with Crippen molar-refractivity contribution in [1.29, 1.82) is 0 Å². The highest BCUT2D eigenvalue weighted by Crippen LogP contribution is 2.37. The number of nitro groups is 1. The van der Waals surface area contributed by atoms with Crippen molar-refractivity contribution >= 4 is 17.3 Å². The summed E-state index contributed by atoms with van der Waals surface area (Å²) in [5.74, 6) is -0.977. The monoisotopic (exact) mass is 317 g/mol. The number of carbonyl (C=O) groups excluding carboxylic acids is 1. The summed E-state index contributed by atoms with van der Waals surface area (Å²) in [5.41, 5.74) is 3.61. The summed E-state index contributed by atoms with van der Waals surface area (Å²) in [6.45, 7) is 0.595.